The van der Waals surface area contributed by atoms with E-state index in [0.717, 1.165) is 33.4 Å². The van der Waals surface area contributed by atoms with Crippen LogP contribution < -0.4 is 5.32 Å². The number of hydrogen-bond acceptors (Lipinski definition) is 6. The van der Waals surface area contributed by atoms with Crippen molar-refractivity contribution in [1.29, 1.82) is 0 Å². The van der Waals surface area contributed by atoms with Gasteiger partial charge >= 0.3 is 0 Å². The normalized spacial score (nSPS) is 14.8. The molecule has 0 aliphatic rings. The number of carbonyl (C=O) groups excluding carboxylic acids is 1. The van der Waals surface area contributed by atoms with Gasteiger partial charge in [0.05, 0.1) is 11.4 Å². The van der Waals surface area contributed by atoms with Crippen molar-refractivity contribution in [2.45, 2.75) is 58.1 Å². The highest BCUT2D eigenvalue weighted by Gasteiger charge is 2.19. The molecule has 0 spiro atoms. The molecule has 0 aromatic carbocycles. The first kappa shape index (κ1) is 24.0. The van der Waals surface area contributed by atoms with Crippen LogP contribution in [0.1, 0.15) is 39.8 Å². The Morgan fingerprint density at radius 1 is 1.43 bits per heavy atom. The Morgan fingerprint density at radius 2 is 2.11 bits per heavy atom. The molecule has 1 heterocycles. The number of aliphatic imine (C=N–C) groups is 2. The third kappa shape index (κ3) is 6.87. The van der Waals surface area contributed by atoms with Crippen LogP contribution in [0.3, 0.4) is 0 Å². The van der Waals surface area contributed by atoms with Crippen LogP contribution in [-0.4, -0.2) is 53.9 Å². The van der Waals surface area contributed by atoms with Gasteiger partial charge in [-0.3, -0.25) is 15.0 Å². The monoisotopic (exact) mass is 404 g/mol. The summed E-state index contributed by atoms with van der Waals surface area (Å²) >= 11 is 1.68. The Bertz CT molecular complexity index is 742. The van der Waals surface area contributed by atoms with Crippen LogP contribution in [-0.2, 0) is 4.79 Å². The maximum Gasteiger partial charge on any atom is 0.148 e. The van der Waals surface area contributed by atoms with Gasteiger partial charge in [-0.2, -0.15) is 0 Å². The molecule has 1 rings (SSSR count). The number of thioether (sulfide) groups is 1. The van der Waals surface area contributed by atoms with Crippen LogP contribution in [0.4, 0.5) is 5.69 Å². The summed E-state index contributed by atoms with van der Waals surface area (Å²) in [4.78, 5) is 24.6. The van der Waals surface area contributed by atoms with E-state index in [-0.39, 0.29) is 12.0 Å². The quantitative estimate of drug-likeness (QED) is 0.268. The second kappa shape index (κ2) is 11.8. The number of rotatable bonds is 10. The van der Waals surface area contributed by atoms with Gasteiger partial charge in [-0.05, 0) is 52.8 Å². The van der Waals surface area contributed by atoms with Gasteiger partial charge < -0.3 is 15.2 Å². The van der Waals surface area contributed by atoms with Crippen LogP contribution in [0, 0.1) is 12.8 Å². The van der Waals surface area contributed by atoms with E-state index in [2.05, 4.69) is 40.9 Å². The Hall–Kier alpha value is -1.99. The molecule has 7 heteroatoms. The number of carbonyl (C=O) groups is 1. The van der Waals surface area contributed by atoms with E-state index in [0.29, 0.717) is 12.7 Å². The summed E-state index contributed by atoms with van der Waals surface area (Å²) in [6.07, 6.45) is 2.09. The van der Waals surface area contributed by atoms with Gasteiger partial charge in [0.15, 0.2) is 0 Å². The Labute approximate surface area is 172 Å². The molecule has 0 radical (unpaired) electrons. The fourth-order valence-corrected chi connectivity index (χ4v) is 4.08. The first-order chi connectivity index (χ1) is 13.2. The number of aromatic nitrogens is 1. The van der Waals surface area contributed by atoms with Crippen LogP contribution in [0.15, 0.2) is 38.3 Å². The highest BCUT2D eigenvalue weighted by Crippen LogP contribution is 2.32. The molecule has 0 saturated heterocycles. The third-order valence-corrected chi connectivity index (χ3v) is 5.62. The van der Waals surface area contributed by atoms with Crippen LogP contribution >= 0.6 is 11.8 Å². The lowest BCUT2D eigenvalue weighted by Gasteiger charge is -2.23. The van der Waals surface area contributed by atoms with Crippen LogP contribution in [0.5, 0.6) is 0 Å². The van der Waals surface area contributed by atoms with E-state index >= 15 is 0 Å². The van der Waals surface area contributed by atoms with Crippen molar-refractivity contribution >= 4 is 36.3 Å². The molecule has 0 amide bonds. The summed E-state index contributed by atoms with van der Waals surface area (Å²) in [7, 11) is 1.76. The molecular weight excluding hydrogens is 372 g/mol. The number of pyridine rings is 1. The van der Waals surface area contributed by atoms with Gasteiger partial charge in [0, 0.05) is 35.5 Å². The van der Waals surface area contributed by atoms with Crippen molar-refractivity contribution in [3.05, 3.63) is 29.1 Å². The maximum atomic E-state index is 10.8. The molecule has 1 aromatic rings. The number of hydrogen-bond donors (Lipinski definition) is 2. The zero-order valence-corrected chi connectivity index (χ0v) is 18.5. The number of amidine groups is 1. The highest BCUT2D eigenvalue weighted by atomic mass is 32.2. The Balaban J connectivity index is 2.90. The standard InChI is InChI=1S/C21H32N4O2S/c1-13(2)17(12-28-19-8-9-24-16(5)20(19)22-6)21(23-7)25-15(4)10-14(3)18(27)11-26/h8-9,11,14-15,18,27H,6,10,12H2,1-5,7H3,(H,23,25). The molecule has 3 atom stereocenters. The minimum absolute atomic E-state index is 0.0659. The smallest absolute Gasteiger partial charge is 0.148 e. The largest absolute Gasteiger partial charge is 0.385 e. The van der Waals surface area contributed by atoms with Gasteiger partial charge in [0.25, 0.3) is 0 Å². The second-order valence-electron chi connectivity index (χ2n) is 7.13. The van der Waals surface area contributed by atoms with Crippen molar-refractivity contribution in [2.24, 2.45) is 15.9 Å². The van der Waals surface area contributed by atoms with Crippen LogP contribution in [0.25, 0.3) is 0 Å². The number of aryl methyl sites for hydroxylation is 1. The molecule has 0 bridgehead atoms. The number of aliphatic hydroxyl groups excluding tert-OH is 1. The van der Waals surface area contributed by atoms with E-state index < -0.39 is 6.10 Å². The number of nitrogens with zero attached hydrogens (tertiary/aromatic N) is 3. The zero-order chi connectivity index (χ0) is 21.3. The van der Waals surface area contributed by atoms with Gasteiger partial charge in [0.2, 0.25) is 0 Å². The lowest BCUT2D eigenvalue weighted by Crippen LogP contribution is -2.37. The minimum Gasteiger partial charge on any atom is -0.385 e. The number of nitrogens with one attached hydrogen (secondary N) is 1. The third-order valence-electron chi connectivity index (χ3n) is 4.54. The maximum absolute atomic E-state index is 10.8. The predicted octanol–water partition coefficient (Wildman–Crippen LogP) is 3.74. The summed E-state index contributed by atoms with van der Waals surface area (Å²) in [6, 6.07) is 2.02. The lowest BCUT2D eigenvalue weighted by molar-refractivity contribution is -0.117. The van der Waals surface area contributed by atoms with Crippen molar-refractivity contribution in [1.82, 2.24) is 10.3 Å². The van der Waals surface area contributed by atoms with Crippen LogP contribution in [0.2, 0.25) is 0 Å². The summed E-state index contributed by atoms with van der Waals surface area (Å²) in [5.41, 5.74) is 3.96. The number of aliphatic hydroxyl groups is 1. The van der Waals surface area contributed by atoms with E-state index in [1.54, 1.807) is 25.0 Å². The molecule has 1 aromatic heterocycles. The molecule has 6 nitrogen and oxygen atoms in total. The molecule has 0 fully saturated rings. The molecule has 0 saturated carbocycles. The fraction of sp³-hybridized carbons (Fsp3) is 0.524. The van der Waals surface area contributed by atoms with E-state index in [1.807, 2.05) is 26.8 Å². The number of allylic oxidation sites excluding steroid dienone is 1. The Morgan fingerprint density at radius 3 is 2.64 bits per heavy atom. The van der Waals surface area contributed by atoms with Gasteiger partial charge in [-0.25, -0.2) is 0 Å². The summed E-state index contributed by atoms with van der Waals surface area (Å²) in [6.45, 7) is 13.6. The fourth-order valence-electron chi connectivity index (χ4n) is 2.85. The van der Waals surface area contributed by atoms with E-state index in [1.165, 1.54) is 5.57 Å². The van der Waals surface area contributed by atoms with Gasteiger partial charge in [0.1, 0.15) is 18.2 Å². The highest BCUT2D eigenvalue weighted by molar-refractivity contribution is 7.99. The first-order valence-corrected chi connectivity index (χ1v) is 10.3. The molecule has 2 N–H and O–H groups in total. The van der Waals surface area contributed by atoms with Crippen molar-refractivity contribution in [3.63, 3.8) is 0 Å². The topological polar surface area (TPSA) is 86.9 Å². The molecule has 28 heavy (non-hydrogen) atoms. The SMILES string of the molecule is C=Nc1c(SCC(C(=NC)NC(C)CC(C)C(O)C=O)=C(C)C)ccnc1C. The van der Waals surface area contributed by atoms with Gasteiger partial charge in [-0.15, -0.1) is 11.8 Å². The zero-order valence-electron chi connectivity index (χ0n) is 17.7. The second-order valence-corrected chi connectivity index (χ2v) is 8.14. The summed E-state index contributed by atoms with van der Waals surface area (Å²) < 4.78 is 0. The lowest BCUT2D eigenvalue weighted by atomic mass is 9.97. The summed E-state index contributed by atoms with van der Waals surface area (Å²) in [5, 5.41) is 13.1. The number of aldehydes is 1. The molecule has 3 unspecified atom stereocenters. The van der Waals surface area contributed by atoms with E-state index in [9.17, 15) is 9.90 Å². The molecule has 154 valence electrons. The average Bonchev–Trinajstić information content (AvgIpc) is 2.66. The first-order valence-electron chi connectivity index (χ1n) is 9.33. The van der Waals surface area contributed by atoms with Gasteiger partial charge in [-0.1, -0.05) is 12.5 Å². The van der Waals surface area contributed by atoms with Crippen molar-refractivity contribution in [3.8, 4) is 0 Å². The molecular formula is C21H32N4O2S. The minimum atomic E-state index is -0.940. The molecule has 0 aliphatic heterocycles. The van der Waals surface area contributed by atoms with E-state index in [4.69, 9.17) is 0 Å². The average molecular weight is 405 g/mol. The predicted molar refractivity (Wildman–Crippen MR) is 119 cm³/mol. The summed E-state index contributed by atoms with van der Waals surface area (Å²) in [5.74, 6) is 1.43. The molecule has 0 aliphatic carbocycles. The Kier molecular flexibility index (Phi) is 10.1. The van der Waals surface area contributed by atoms with Crippen molar-refractivity contribution in [2.75, 3.05) is 12.8 Å². The van der Waals surface area contributed by atoms with Crippen molar-refractivity contribution < 1.29 is 9.90 Å².